The second kappa shape index (κ2) is 9.68. The number of carbonyl (C=O) groups is 2. The molecule has 0 spiro atoms. The van der Waals surface area contributed by atoms with E-state index in [0.29, 0.717) is 38.4 Å². The maximum atomic E-state index is 14.1. The summed E-state index contributed by atoms with van der Waals surface area (Å²) in [6.07, 6.45) is 0. The van der Waals surface area contributed by atoms with Crippen LogP contribution in [0.1, 0.15) is 17.2 Å². The Bertz CT molecular complexity index is 1100. The standard InChI is InChI=1S/C24H24F2N2O5/c1-32-19-6-5-17(26)14-18(19)22(29)20-21(15-3-2-4-16(25)13-15)28(24(31)23(20)30)8-7-27-9-11-33-12-10-27/h2-6,13-14,21,29H,7-12H2,1H3/t21-/m1/s1. The summed E-state index contributed by atoms with van der Waals surface area (Å²) in [5, 5.41) is 11.1. The molecule has 2 saturated heterocycles. The summed E-state index contributed by atoms with van der Waals surface area (Å²) in [6, 6.07) is 7.98. The molecule has 4 rings (SSSR count). The molecule has 0 bridgehead atoms. The van der Waals surface area contributed by atoms with Gasteiger partial charge in [0.15, 0.2) is 0 Å². The predicted octanol–water partition coefficient (Wildman–Crippen LogP) is 2.73. The molecule has 1 amide bonds. The van der Waals surface area contributed by atoms with Crippen LogP contribution in [0.4, 0.5) is 8.78 Å². The number of ether oxygens (including phenoxy) is 2. The number of aliphatic hydroxyl groups is 1. The SMILES string of the molecule is COc1ccc(F)cc1C(O)=C1C(=O)C(=O)N(CCN2CCOCC2)[C@@H]1c1cccc(F)c1. The third-order valence-electron chi connectivity index (χ3n) is 5.88. The van der Waals surface area contributed by atoms with Crippen molar-refractivity contribution in [3.05, 3.63) is 70.8 Å². The predicted molar refractivity (Wildman–Crippen MR) is 116 cm³/mol. The summed E-state index contributed by atoms with van der Waals surface area (Å²) < 4.78 is 38.6. The first-order valence-corrected chi connectivity index (χ1v) is 10.6. The number of amides is 1. The number of morpholine rings is 1. The lowest BCUT2D eigenvalue weighted by molar-refractivity contribution is -0.140. The summed E-state index contributed by atoms with van der Waals surface area (Å²) in [4.78, 5) is 29.5. The van der Waals surface area contributed by atoms with Crippen LogP contribution in [-0.2, 0) is 14.3 Å². The number of likely N-dealkylation sites (tertiary alicyclic amines) is 1. The van der Waals surface area contributed by atoms with Crippen molar-refractivity contribution in [2.24, 2.45) is 0 Å². The molecule has 0 saturated carbocycles. The number of nitrogens with zero attached hydrogens (tertiary/aromatic N) is 2. The number of aliphatic hydroxyl groups excluding tert-OH is 1. The molecule has 2 aliphatic rings. The van der Waals surface area contributed by atoms with Gasteiger partial charge in [-0.2, -0.15) is 0 Å². The third kappa shape index (κ3) is 4.60. The van der Waals surface area contributed by atoms with Crippen molar-refractivity contribution in [3.63, 3.8) is 0 Å². The number of hydrogen-bond acceptors (Lipinski definition) is 6. The lowest BCUT2D eigenvalue weighted by Gasteiger charge is -2.31. The van der Waals surface area contributed by atoms with E-state index in [1.807, 2.05) is 0 Å². The maximum Gasteiger partial charge on any atom is 0.295 e. The van der Waals surface area contributed by atoms with Crippen molar-refractivity contribution >= 4 is 17.4 Å². The number of carbonyl (C=O) groups excluding carboxylic acids is 2. The Labute approximate surface area is 189 Å². The highest BCUT2D eigenvalue weighted by Crippen LogP contribution is 2.41. The zero-order valence-electron chi connectivity index (χ0n) is 18.1. The lowest BCUT2D eigenvalue weighted by atomic mass is 9.95. The van der Waals surface area contributed by atoms with Crippen LogP contribution < -0.4 is 4.74 Å². The molecule has 0 aromatic heterocycles. The van der Waals surface area contributed by atoms with Crippen LogP contribution in [0.2, 0.25) is 0 Å². The Hall–Kier alpha value is -3.30. The molecule has 2 aliphatic heterocycles. The molecular formula is C24H24F2N2O5. The Morgan fingerprint density at radius 2 is 1.82 bits per heavy atom. The third-order valence-corrected chi connectivity index (χ3v) is 5.88. The summed E-state index contributed by atoms with van der Waals surface area (Å²) >= 11 is 0. The second-order valence-electron chi connectivity index (χ2n) is 7.85. The minimum absolute atomic E-state index is 0.0647. The first kappa shape index (κ1) is 22.9. The summed E-state index contributed by atoms with van der Waals surface area (Å²) in [5.74, 6) is -3.38. The van der Waals surface area contributed by atoms with Crippen LogP contribution in [0.15, 0.2) is 48.0 Å². The van der Waals surface area contributed by atoms with E-state index >= 15 is 0 Å². The topological polar surface area (TPSA) is 79.3 Å². The average Bonchev–Trinajstić information content (AvgIpc) is 3.07. The molecule has 0 aliphatic carbocycles. The number of benzene rings is 2. The van der Waals surface area contributed by atoms with E-state index in [1.54, 1.807) is 6.07 Å². The fourth-order valence-corrected chi connectivity index (χ4v) is 4.22. The summed E-state index contributed by atoms with van der Waals surface area (Å²) in [6.45, 7) is 3.19. The van der Waals surface area contributed by atoms with Gasteiger partial charge in [-0.25, -0.2) is 8.78 Å². The van der Waals surface area contributed by atoms with Crippen LogP contribution in [0, 0.1) is 11.6 Å². The molecule has 2 aromatic carbocycles. The Morgan fingerprint density at radius 1 is 1.09 bits per heavy atom. The number of methoxy groups -OCH3 is 1. The normalized spacial score (nSPS) is 20.9. The van der Waals surface area contributed by atoms with Gasteiger partial charge in [-0.15, -0.1) is 0 Å². The fraction of sp³-hybridized carbons (Fsp3) is 0.333. The van der Waals surface area contributed by atoms with Gasteiger partial charge in [0.1, 0.15) is 23.1 Å². The quantitative estimate of drug-likeness (QED) is 0.408. The highest BCUT2D eigenvalue weighted by atomic mass is 19.1. The highest BCUT2D eigenvalue weighted by Gasteiger charge is 2.46. The molecule has 1 atom stereocenters. The van der Waals surface area contributed by atoms with E-state index in [2.05, 4.69) is 4.90 Å². The number of Topliss-reactive ketones (excluding diaryl/α,β-unsaturated/α-hetero) is 1. The molecule has 33 heavy (non-hydrogen) atoms. The fourth-order valence-electron chi connectivity index (χ4n) is 4.22. The van der Waals surface area contributed by atoms with Crippen LogP contribution >= 0.6 is 0 Å². The zero-order valence-corrected chi connectivity index (χ0v) is 18.1. The van der Waals surface area contributed by atoms with E-state index in [9.17, 15) is 23.5 Å². The minimum atomic E-state index is -1.03. The smallest absolute Gasteiger partial charge is 0.295 e. The minimum Gasteiger partial charge on any atom is -0.507 e. The van der Waals surface area contributed by atoms with Gasteiger partial charge in [0.2, 0.25) is 0 Å². The van der Waals surface area contributed by atoms with E-state index in [4.69, 9.17) is 9.47 Å². The Balaban J connectivity index is 1.79. The van der Waals surface area contributed by atoms with Crippen LogP contribution in [0.25, 0.3) is 5.76 Å². The van der Waals surface area contributed by atoms with Crippen molar-refractivity contribution in [1.82, 2.24) is 9.80 Å². The molecule has 2 fully saturated rings. The molecule has 0 radical (unpaired) electrons. The van der Waals surface area contributed by atoms with Gasteiger partial charge >= 0.3 is 0 Å². The largest absolute Gasteiger partial charge is 0.507 e. The Kier molecular flexibility index (Phi) is 6.71. The van der Waals surface area contributed by atoms with E-state index in [1.165, 1.54) is 36.3 Å². The Morgan fingerprint density at radius 3 is 2.52 bits per heavy atom. The monoisotopic (exact) mass is 458 g/mol. The van der Waals surface area contributed by atoms with Crippen molar-refractivity contribution in [2.45, 2.75) is 6.04 Å². The molecule has 2 heterocycles. The second-order valence-corrected chi connectivity index (χ2v) is 7.85. The van der Waals surface area contributed by atoms with Crippen molar-refractivity contribution in [2.75, 3.05) is 46.5 Å². The average molecular weight is 458 g/mol. The van der Waals surface area contributed by atoms with Gasteiger partial charge in [0.05, 0.1) is 37.5 Å². The number of halogens is 2. The molecular weight excluding hydrogens is 434 g/mol. The first-order chi connectivity index (χ1) is 15.9. The van der Waals surface area contributed by atoms with E-state index in [0.717, 1.165) is 12.1 Å². The molecule has 7 nitrogen and oxygen atoms in total. The lowest BCUT2D eigenvalue weighted by Crippen LogP contribution is -2.42. The van der Waals surface area contributed by atoms with E-state index < -0.39 is 35.1 Å². The van der Waals surface area contributed by atoms with Crippen LogP contribution in [0.3, 0.4) is 0 Å². The highest BCUT2D eigenvalue weighted by molar-refractivity contribution is 6.46. The van der Waals surface area contributed by atoms with E-state index in [-0.39, 0.29) is 23.4 Å². The number of ketones is 1. The van der Waals surface area contributed by atoms with Crippen LogP contribution in [0.5, 0.6) is 5.75 Å². The first-order valence-electron chi connectivity index (χ1n) is 10.6. The van der Waals surface area contributed by atoms with Gasteiger partial charge in [0.25, 0.3) is 11.7 Å². The van der Waals surface area contributed by atoms with Crippen molar-refractivity contribution in [1.29, 1.82) is 0 Å². The molecule has 0 unspecified atom stereocenters. The zero-order chi connectivity index (χ0) is 23.5. The van der Waals surface area contributed by atoms with Crippen molar-refractivity contribution < 1.29 is 33.0 Å². The van der Waals surface area contributed by atoms with Crippen molar-refractivity contribution in [3.8, 4) is 5.75 Å². The van der Waals surface area contributed by atoms with Gasteiger partial charge in [-0.1, -0.05) is 12.1 Å². The number of hydrogen-bond donors (Lipinski definition) is 1. The molecule has 1 N–H and O–H groups in total. The molecule has 2 aromatic rings. The summed E-state index contributed by atoms with van der Waals surface area (Å²) in [7, 11) is 1.34. The molecule has 174 valence electrons. The number of rotatable bonds is 6. The maximum absolute atomic E-state index is 14.1. The van der Waals surface area contributed by atoms with Gasteiger partial charge in [-0.3, -0.25) is 14.5 Å². The van der Waals surface area contributed by atoms with Gasteiger partial charge in [0, 0.05) is 26.2 Å². The molecule has 9 heteroatoms. The van der Waals surface area contributed by atoms with Gasteiger partial charge < -0.3 is 19.5 Å². The van der Waals surface area contributed by atoms with Crippen LogP contribution in [-0.4, -0.2) is 73.1 Å². The summed E-state index contributed by atoms with van der Waals surface area (Å²) in [5.41, 5.74) is 0.0228. The van der Waals surface area contributed by atoms with Gasteiger partial charge in [-0.05, 0) is 35.9 Å².